The summed E-state index contributed by atoms with van der Waals surface area (Å²) >= 11 is 0. The first-order chi connectivity index (χ1) is 8.20. The number of carbonyl (C=O) groups excluding carboxylic acids is 2. The first-order valence-electron chi connectivity index (χ1n) is 6.40. The highest BCUT2D eigenvalue weighted by molar-refractivity contribution is 5.99. The summed E-state index contributed by atoms with van der Waals surface area (Å²) in [5.41, 5.74) is 0. The standard InChI is InChI=1S/C12H20N2O3/c1-3-5-13-10-8-17-7-9(10)11(15)14(6-4-2)12(13)16/h9-10H,3-8H2,1-2H3. The molecule has 5 heteroatoms. The van der Waals surface area contributed by atoms with Crippen molar-refractivity contribution in [2.24, 2.45) is 5.92 Å². The highest BCUT2D eigenvalue weighted by atomic mass is 16.5. The van der Waals surface area contributed by atoms with Gasteiger partial charge in [-0.25, -0.2) is 4.79 Å². The second-order valence-electron chi connectivity index (χ2n) is 4.68. The summed E-state index contributed by atoms with van der Waals surface area (Å²) in [4.78, 5) is 27.6. The molecule has 0 N–H and O–H groups in total. The van der Waals surface area contributed by atoms with Gasteiger partial charge in [0.2, 0.25) is 5.91 Å². The zero-order valence-electron chi connectivity index (χ0n) is 10.5. The average molecular weight is 240 g/mol. The summed E-state index contributed by atoms with van der Waals surface area (Å²) in [6.45, 7) is 6.19. The fourth-order valence-electron chi connectivity index (χ4n) is 2.61. The molecule has 2 atom stereocenters. The van der Waals surface area contributed by atoms with Crippen LogP contribution < -0.4 is 0 Å². The molecule has 2 saturated heterocycles. The number of urea groups is 1. The van der Waals surface area contributed by atoms with E-state index in [1.165, 1.54) is 4.90 Å². The van der Waals surface area contributed by atoms with Crippen LogP contribution in [0.3, 0.4) is 0 Å². The largest absolute Gasteiger partial charge is 0.378 e. The van der Waals surface area contributed by atoms with Crippen LogP contribution in [0.15, 0.2) is 0 Å². The number of imide groups is 1. The van der Waals surface area contributed by atoms with Crippen molar-refractivity contribution >= 4 is 11.9 Å². The van der Waals surface area contributed by atoms with Gasteiger partial charge in [-0.3, -0.25) is 9.69 Å². The van der Waals surface area contributed by atoms with Gasteiger partial charge in [0.25, 0.3) is 0 Å². The molecular formula is C12H20N2O3. The lowest BCUT2D eigenvalue weighted by atomic mass is 9.97. The molecule has 0 radical (unpaired) electrons. The van der Waals surface area contributed by atoms with Crippen LogP contribution >= 0.6 is 0 Å². The minimum Gasteiger partial charge on any atom is -0.378 e. The van der Waals surface area contributed by atoms with Crippen LogP contribution in [0.4, 0.5) is 4.79 Å². The Morgan fingerprint density at radius 1 is 1.18 bits per heavy atom. The predicted octanol–water partition coefficient (Wildman–Crippen LogP) is 1.09. The molecule has 0 saturated carbocycles. The maximum Gasteiger partial charge on any atom is 0.327 e. The molecule has 2 rings (SSSR count). The van der Waals surface area contributed by atoms with E-state index in [1.807, 2.05) is 18.7 Å². The Kier molecular flexibility index (Phi) is 3.66. The van der Waals surface area contributed by atoms with Gasteiger partial charge in [0.15, 0.2) is 0 Å². The van der Waals surface area contributed by atoms with Crippen LogP contribution in [0.5, 0.6) is 0 Å². The van der Waals surface area contributed by atoms with Crippen LogP contribution in [0.2, 0.25) is 0 Å². The van der Waals surface area contributed by atoms with Gasteiger partial charge in [0.05, 0.1) is 25.2 Å². The van der Waals surface area contributed by atoms with E-state index in [4.69, 9.17) is 4.74 Å². The van der Waals surface area contributed by atoms with E-state index in [2.05, 4.69) is 0 Å². The Morgan fingerprint density at radius 3 is 2.53 bits per heavy atom. The molecule has 5 nitrogen and oxygen atoms in total. The average Bonchev–Trinajstić information content (AvgIpc) is 2.79. The Balaban J connectivity index is 2.21. The molecule has 0 aromatic carbocycles. The third kappa shape index (κ3) is 2.04. The molecule has 2 aliphatic heterocycles. The minimum atomic E-state index is -0.147. The number of fused-ring (bicyclic) bond motifs is 1. The third-order valence-electron chi connectivity index (χ3n) is 3.42. The van der Waals surface area contributed by atoms with E-state index in [0.29, 0.717) is 26.3 Å². The molecule has 0 aromatic heterocycles. The molecule has 96 valence electrons. The van der Waals surface area contributed by atoms with E-state index in [-0.39, 0.29) is 23.9 Å². The summed E-state index contributed by atoms with van der Waals surface area (Å²) in [6.07, 6.45) is 1.71. The fourth-order valence-corrected chi connectivity index (χ4v) is 2.61. The van der Waals surface area contributed by atoms with Gasteiger partial charge in [-0.2, -0.15) is 0 Å². The molecule has 0 spiro atoms. The van der Waals surface area contributed by atoms with Crippen molar-refractivity contribution in [1.29, 1.82) is 0 Å². The number of ether oxygens (including phenoxy) is 1. The van der Waals surface area contributed by atoms with Crippen LogP contribution in [0, 0.1) is 5.92 Å². The summed E-state index contributed by atoms with van der Waals surface area (Å²) in [5, 5.41) is 0. The highest BCUT2D eigenvalue weighted by Gasteiger charge is 2.48. The first-order valence-corrected chi connectivity index (χ1v) is 6.40. The quantitative estimate of drug-likeness (QED) is 0.739. The minimum absolute atomic E-state index is 0.0388. The SMILES string of the molecule is CCCN1C(=O)C2COCC2N(CCC)C1=O. The van der Waals surface area contributed by atoms with E-state index in [1.54, 1.807) is 0 Å². The monoisotopic (exact) mass is 240 g/mol. The van der Waals surface area contributed by atoms with Gasteiger partial charge in [0, 0.05) is 13.1 Å². The van der Waals surface area contributed by atoms with Gasteiger partial charge >= 0.3 is 6.03 Å². The zero-order chi connectivity index (χ0) is 12.4. The molecule has 0 bridgehead atoms. The van der Waals surface area contributed by atoms with E-state index < -0.39 is 0 Å². The molecule has 2 fully saturated rings. The van der Waals surface area contributed by atoms with Gasteiger partial charge < -0.3 is 9.64 Å². The number of carbonyl (C=O) groups is 2. The van der Waals surface area contributed by atoms with Crippen molar-refractivity contribution in [2.45, 2.75) is 32.7 Å². The lowest BCUT2D eigenvalue weighted by Crippen LogP contribution is -2.61. The van der Waals surface area contributed by atoms with Crippen LogP contribution in [-0.2, 0) is 9.53 Å². The summed E-state index contributed by atoms with van der Waals surface area (Å²) in [6, 6.07) is -0.173. The molecule has 2 unspecified atom stereocenters. The van der Waals surface area contributed by atoms with E-state index >= 15 is 0 Å². The first kappa shape index (κ1) is 12.4. The molecule has 2 heterocycles. The number of rotatable bonds is 4. The van der Waals surface area contributed by atoms with Gasteiger partial charge in [-0.05, 0) is 12.8 Å². The van der Waals surface area contributed by atoms with Crippen molar-refractivity contribution < 1.29 is 14.3 Å². The Hall–Kier alpha value is -1.10. The van der Waals surface area contributed by atoms with Crippen molar-refractivity contribution in [3.63, 3.8) is 0 Å². The smallest absolute Gasteiger partial charge is 0.327 e. The molecule has 2 aliphatic rings. The van der Waals surface area contributed by atoms with E-state index in [9.17, 15) is 9.59 Å². The van der Waals surface area contributed by atoms with Crippen LogP contribution in [0.1, 0.15) is 26.7 Å². The summed E-state index contributed by atoms with van der Waals surface area (Å²) in [7, 11) is 0. The Morgan fingerprint density at radius 2 is 1.88 bits per heavy atom. The second-order valence-corrected chi connectivity index (χ2v) is 4.68. The lowest BCUT2D eigenvalue weighted by molar-refractivity contribution is -0.137. The molecule has 17 heavy (non-hydrogen) atoms. The molecule has 0 aromatic rings. The van der Waals surface area contributed by atoms with Crippen molar-refractivity contribution in [3.05, 3.63) is 0 Å². The van der Waals surface area contributed by atoms with Gasteiger partial charge in [0.1, 0.15) is 0 Å². The van der Waals surface area contributed by atoms with Gasteiger partial charge in [-0.15, -0.1) is 0 Å². The van der Waals surface area contributed by atoms with Gasteiger partial charge in [-0.1, -0.05) is 13.8 Å². The lowest BCUT2D eigenvalue weighted by Gasteiger charge is -2.41. The van der Waals surface area contributed by atoms with E-state index in [0.717, 1.165) is 12.8 Å². The fraction of sp³-hybridized carbons (Fsp3) is 0.833. The molecule has 0 aliphatic carbocycles. The number of hydrogen-bond acceptors (Lipinski definition) is 3. The normalized spacial score (nSPS) is 28.8. The van der Waals surface area contributed by atoms with Crippen molar-refractivity contribution in [2.75, 3.05) is 26.3 Å². The predicted molar refractivity (Wildman–Crippen MR) is 62.5 cm³/mol. The number of hydrogen-bond donors (Lipinski definition) is 0. The topological polar surface area (TPSA) is 49.9 Å². The summed E-state index contributed by atoms with van der Waals surface area (Å²) < 4.78 is 5.37. The van der Waals surface area contributed by atoms with Crippen LogP contribution in [-0.4, -0.2) is 54.1 Å². The van der Waals surface area contributed by atoms with Crippen LogP contribution in [0.25, 0.3) is 0 Å². The third-order valence-corrected chi connectivity index (χ3v) is 3.42. The number of nitrogens with zero attached hydrogens (tertiary/aromatic N) is 2. The molecule has 3 amide bonds. The second kappa shape index (κ2) is 5.04. The zero-order valence-corrected chi connectivity index (χ0v) is 10.5. The van der Waals surface area contributed by atoms with Crippen molar-refractivity contribution in [1.82, 2.24) is 9.80 Å². The Labute approximate surface area is 102 Å². The maximum absolute atomic E-state index is 12.2. The highest BCUT2D eigenvalue weighted by Crippen LogP contribution is 2.28. The Bertz CT molecular complexity index is 319. The number of amides is 3. The maximum atomic E-state index is 12.2. The molecular weight excluding hydrogens is 220 g/mol. The summed E-state index contributed by atoms with van der Waals surface area (Å²) in [5.74, 6) is -0.197. The van der Waals surface area contributed by atoms with Crippen molar-refractivity contribution in [3.8, 4) is 0 Å².